The molecule has 0 aliphatic carbocycles. The van der Waals surface area contributed by atoms with Gasteiger partial charge in [0.25, 0.3) is 10.1 Å². The van der Waals surface area contributed by atoms with E-state index in [9.17, 15) is 13.2 Å². The van der Waals surface area contributed by atoms with E-state index in [-0.39, 0.29) is 10.8 Å². The number of rotatable bonds is 2. The highest BCUT2D eigenvalue weighted by Gasteiger charge is 2.13. The second-order valence-corrected chi connectivity index (χ2v) is 7.34. The zero-order valence-corrected chi connectivity index (χ0v) is 15.7. The highest BCUT2D eigenvalue weighted by atomic mass is 32.2. The van der Waals surface area contributed by atoms with Crippen LogP contribution < -0.4 is 16.8 Å². The monoisotopic (exact) mass is 387 g/mol. The van der Waals surface area contributed by atoms with Gasteiger partial charge in [-0.1, -0.05) is 30.3 Å². The molecule has 0 aliphatic heterocycles. The number of hydrogen-bond donors (Lipinski definition) is 4. The molecule has 3 aromatic rings. The number of nitrogens with two attached hydrogens (primary N) is 2. The average Bonchev–Trinajstić information content (AvgIpc) is 2.57. The fourth-order valence-electron chi connectivity index (χ4n) is 2.50. The van der Waals surface area contributed by atoms with E-state index >= 15 is 0 Å². The third-order valence-electron chi connectivity index (χ3n) is 3.71. The first-order valence-electron chi connectivity index (χ1n) is 7.98. The SMILES string of the molecule is CC(=O)Nc1cc(C)ccc1N.Nc1cccc2c(S(=O)(=O)O)cccc12. The van der Waals surface area contributed by atoms with Crippen LogP contribution in [0.4, 0.5) is 17.1 Å². The van der Waals surface area contributed by atoms with Crippen LogP contribution in [0.2, 0.25) is 0 Å². The number of carbonyl (C=O) groups is 1. The summed E-state index contributed by atoms with van der Waals surface area (Å²) >= 11 is 0. The Morgan fingerprint density at radius 2 is 1.59 bits per heavy atom. The number of hydrogen-bond acceptors (Lipinski definition) is 5. The van der Waals surface area contributed by atoms with Crippen molar-refractivity contribution in [2.75, 3.05) is 16.8 Å². The summed E-state index contributed by atoms with van der Waals surface area (Å²) in [6.07, 6.45) is 0. The molecule has 0 spiro atoms. The van der Waals surface area contributed by atoms with Crippen LogP contribution in [0, 0.1) is 6.92 Å². The molecule has 0 bridgehead atoms. The highest BCUT2D eigenvalue weighted by Crippen LogP contribution is 2.26. The molecule has 1 amide bonds. The van der Waals surface area contributed by atoms with E-state index < -0.39 is 10.1 Å². The number of aryl methyl sites for hydroxylation is 1. The molecule has 0 aliphatic rings. The summed E-state index contributed by atoms with van der Waals surface area (Å²) in [5.74, 6) is -0.104. The van der Waals surface area contributed by atoms with E-state index in [4.69, 9.17) is 16.0 Å². The van der Waals surface area contributed by atoms with Gasteiger partial charge in [-0.3, -0.25) is 9.35 Å². The molecule has 3 rings (SSSR count). The molecule has 8 heteroatoms. The molecule has 0 aromatic heterocycles. The van der Waals surface area contributed by atoms with E-state index in [1.165, 1.54) is 13.0 Å². The molecule has 0 saturated carbocycles. The number of nitrogens with one attached hydrogen (secondary N) is 1. The Hall–Kier alpha value is -3.10. The molecular formula is C19H21N3O4S. The van der Waals surface area contributed by atoms with Crippen molar-refractivity contribution in [2.24, 2.45) is 0 Å². The summed E-state index contributed by atoms with van der Waals surface area (Å²) in [6, 6.07) is 15.0. The van der Waals surface area contributed by atoms with Gasteiger partial charge in [0.1, 0.15) is 4.90 Å². The molecule has 3 aromatic carbocycles. The molecule has 0 unspecified atom stereocenters. The lowest BCUT2D eigenvalue weighted by atomic mass is 10.1. The summed E-state index contributed by atoms with van der Waals surface area (Å²) in [5.41, 5.74) is 14.2. The van der Waals surface area contributed by atoms with Gasteiger partial charge >= 0.3 is 0 Å². The minimum atomic E-state index is -4.20. The first kappa shape index (κ1) is 20.2. The lowest BCUT2D eigenvalue weighted by Gasteiger charge is -2.06. The largest absolute Gasteiger partial charge is 0.398 e. The second-order valence-electron chi connectivity index (χ2n) is 5.95. The average molecular weight is 387 g/mol. The van der Waals surface area contributed by atoms with Crippen molar-refractivity contribution in [1.29, 1.82) is 0 Å². The summed E-state index contributed by atoms with van der Waals surface area (Å²) < 4.78 is 31.2. The van der Waals surface area contributed by atoms with Gasteiger partial charge in [-0.2, -0.15) is 8.42 Å². The molecule has 0 atom stereocenters. The molecular weight excluding hydrogens is 366 g/mol. The van der Waals surface area contributed by atoms with Crippen LogP contribution in [-0.4, -0.2) is 18.9 Å². The van der Waals surface area contributed by atoms with Crippen LogP contribution in [0.25, 0.3) is 10.8 Å². The Balaban J connectivity index is 0.000000199. The molecule has 7 nitrogen and oxygen atoms in total. The maximum absolute atomic E-state index is 11.1. The van der Waals surface area contributed by atoms with Gasteiger partial charge < -0.3 is 16.8 Å². The minimum absolute atomic E-state index is 0.104. The van der Waals surface area contributed by atoms with Crippen LogP contribution in [0.1, 0.15) is 12.5 Å². The number of nitrogen functional groups attached to an aromatic ring is 2. The summed E-state index contributed by atoms with van der Waals surface area (Å²) in [5, 5.41) is 3.70. The molecule has 0 fully saturated rings. The zero-order chi connectivity index (χ0) is 20.2. The second kappa shape index (κ2) is 8.07. The summed E-state index contributed by atoms with van der Waals surface area (Å²) in [4.78, 5) is 10.6. The Kier molecular flexibility index (Phi) is 6.04. The minimum Gasteiger partial charge on any atom is -0.398 e. The van der Waals surface area contributed by atoms with E-state index in [1.54, 1.807) is 36.4 Å². The number of anilines is 3. The lowest BCUT2D eigenvalue weighted by molar-refractivity contribution is -0.114. The van der Waals surface area contributed by atoms with Gasteiger partial charge in [0.15, 0.2) is 0 Å². The molecule has 0 heterocycles. The number of amides is 1. The number of fused-ring (bicyclic) bond motifs is 1. The van der Waals surface area contributed by atoms with Gasteiger partial charge in [-0.05, 0) is 36.8 Å². The van der Waals surface area contributed by atoms with Crippen molar-refractivity contribution >= 4 is 43.9 Å². The van der Waals surface area contributed by atoms with E-state index in [0.29, 0.717) is 27.8 Å². The van der Waals surface area contributed by atoms with Gasteiger partial charge in [-0.15, -0.1) is 0 Å². The smallest absolute Gasteiger partial charge is 0.295 e. The third kappa shape index (κ3) is 5.19. The lowest BCUT2D eigenvalue weighted by Crippen LogP contribution is -2.07. The normalized spacial score (nSPS) is 10.8. The van der Waals surface area contributed by atoms with Crippen molar-refractivity contribution in [3.8, 4) is 0 Å². The van der Waals surface area contributed by atoms with Gasteiger partial charge in [0.2, 0.25) is 5.91 Å². The van der Waals surface area contributed by atoms with Crippen LogP contribution >= 0.6 is 0 Å². The predicted molar refractivity (Wildman–Crippen MR) is 108 cm³/mol. The Bertz CT molecular complexity index is 1100. The molecule has 27 heavy (non-hydrogen) atoms. The fraction of sp³-hybridized carbons (Fsp3) is 0.105. The maximum Gasteiger partial charge on any atom is 0.295 e. The molecule has 142 valence electrons. The summed E-state index contributed by atoms with van der Waals surface area (Å²) in [7, 11) is -4.20. The van der Waals surface area contributed by atoms with Crippen LogP contribution in [-0.2, 0) is 14.9 Å². The van der Waals surface area contributed by atoms with Crippen molar-refractivity contribution < 1.29 is 17.8 Å². The molecule has 0 saturated heterocycles. The first-order chi connectivity index (χ1) is 12.6. The number of carbonyl (C=O) groups excluding carboxylic acids is 1. The number of benzene rings is 3. The van der Waals surface area contributed by atoms with Crippen molar-refractivity contribution in [3.05, 3.63) is 60.2 Å². The Morgan fingerprint density at radius 1 is 0.963 bits per heavy atom. The Labute approximate surface area is 157 Å². The zero-order valence-electron chi connectivity index (χ0n) is 14.9. The van der Waals surface area contributed by atoms with Gasteiger partial charge in [-0.25, -0.2) is 0 Å². The maximum atomic E-state index is 11.1. The van der Waals surface area contributed by atoms with Gasteiger partial charge in [0.05, 0.1) is 11.4 Å². The van der Waals surface area contributed by atoms with Crippen molar-refractivity contribution in [2.45, 2.75) is 18.7 Å². The quantitative estimate of drug-likeness (QED) is 0.394. The van der Waals surface area contributed by atoms with E-state index in [1.807, 2.05) is 19.1 Å². The molecule has 6 N–H and O–H groups in total. The first-order valence-corrected chi connectivity index (χ1v) is 9.42. The van der Waals surface area contributed by atoms with E-state index in [2.05, 4.69) is 5.32 Å². The molecule has 0 radical (unpaired) electrons. The Morgan fingerprint density at radius 3 is 2.22 bits per heavy atom. The van der Waals surface area contributed by atoms with Crippen LogP contribution in [0.3, 0.4) is 0 Å². The van der Waals surface area contributed by atoms with Crippen LogP contribution in [0.5, 0.6) is 0 Å². The summed E-state index contributed by atoms with van der Waals surface area (Å²) in [6.45, 7) is 3.41. The third-order valence-corrected chi connectivity index (χ3v) is 4.63. The standard InChI is InChI=1S/C10H9NO3S.C9H12N2O/c11-9-5-1-4-8-7(9)3-2-6-10(8)15(12,13)14;1-6-3-4-8(10)9(5-6)11-7(2)12/h1-6H,11H2,(H,12,13,14);3-5H,10H2,1-2H3,(H,11,12). The highest BCUT2D eigenvalue weighted by molar-refractivity contribution is 7.86. The topological polar surface area (TPSA) is 136 Å². The van der Waals surface area contributed by atoms with E-state index in [0.717, 1.165) is 5.56 Å². The van der Waals surface area contributed by atoms with Crippen LogP contribution in [0.15, 0.2) is 59.5 Å². The van der Waals surface area contributed by atoms with Gasteiger partial charge in [0, 0.05) is 23.4 Å². The van der Waals surface area contributed by atoms with Crippen molar-refractivity contribution in [1.82, 2.24) is 0 Å². The predicted octanol–water partition coefficient (Wildman–Crippen LogP) is 3.20. The van der Waals surface area contributed by atoms with Crippen molar-refractivity contribution in [3.63, 3.8) is 0 Å². The fourth-order valence-corrected chi connectivity index (χ4v) is 3.20.